The topological polar surface area (TPSA) is 54.4 Å². The molecule has 6 heteroatoms. The summed E-state index contributed by atoms with van der Waals surface area (Å²) in [6.07, 6.45) is 0. The molecule has 6 nitrogen and oxygen atoms in total. The van der Waals surface area contributed by atoms with Gasteiger partial charge in [0.05, 0.1) is 34.0 Å². The lowest BCUT2D eigenvalue weighted by Gasteiger charge is -2.34. The molecular weight excluding hydrogens is 296 g/mol. The lowest BCUT2D eigenvalue weighted by Crippen LogP contribution is -2.46. The highest BCUT2D eigenvalue weighted by Gasteiger charge is 2.19. The second-order valence-electron chi connectivity index (χ2n) is 5.61. The second-order valence-corrected chi connectivity index (χ2v) is 5.61. The van der Waals surface area contributed by atoms with E-state index >= 15 is 0 Å². The zero-order chi connectivity index (χ0) is 16.5. The second kappa shape index (κ2) is 9.72. The van der Waals surface area contributed by atoms with Crippen molar-refractivity contribution in [2.24, 2.45) is 0 Å². The monoisotopic (exact) mass is 324 g/mol. The van der Waals surface area contributed by atoms with Crippen molar-refractivity contribution >= 4 is 0 Å². The van der Waals surface area contributed by atoms with Crippen molar-refractivity contribution in [2.45, 2.75) is 6.54 Å². The molecule has 0 radical (unpaired) electrons. The summed E-state index contributed by atoms with van der Waals surface area (Å²) >= 11 is 0. The third kappa shape index (κ3) is 5.35. The van der Waals surface area contributed by atoms with Gasteiger partial charge in [-0.05, 0) is 6.07 Å². The Morgan fingerprint density at radius 1 is 1.00 bits per heavy atom. The predicted molar refractivity (Wildman–Crippen MR) is 89.2 cm³/mol. The highest BCUT2D eigenvalue weighted by molar-refractivity contribution is 5.46. The summed E-state index contributed by atoms with van der Waals surface area (Å²) in [5.74, 6) is 1.61. The Hall–Kier alpha value is -1.34. The van der Waals surface area contributed by atoms with E-state index in [0.717, 1.165) is 56.3 Å². The molecule has 1 aliphatic rings. The van der Waals surface area contributed by atoms with Crippen LogP contribution in [0, 0.1) is 0 Å². The number of piperazine rings is 1. The van der Waals surface area contributed by atoms with E-state index in [9.17, 15) is 0 Å². The van der Waals surface area contributed by atoms with Crippen molar-refractivity contribution in [3.63, 3.8) is 0 Å². The minimum atomic E-state index is 0.0934. The molecule has 1 N–H and O–H groups in total. The molecule has 130 valence electrons. The fourth-order valence-corrected chi connectivity index (χ4v) is 2.85. The highest BCUT2D eigenvalue weighted by atomic mass is 16.5. The van der Waals surface area contributed by atoms with Crippen LogP contribution < -0.4 is 9.47 Å². The van der Waals surface area contributed by atoms with Crippen molar-refractivity contribution in [3.05, 3.63) is 23.8 Å². The van der Waals surface area contributed by atoms with Gasteiger partial charge in [-0.3, -0.25) is 9.80 Å². The number of rotatable bonds is 9. The quantitative estimate of drug-likeness (QED) is 0.679. The van der Waals surface area contributed by atoms with Gasteiger partial charge < -0.3 is 19.3 Å². The van der Waals surface area contributed by atoms with Crippen LogP contribution in [-0.4, -0.2) is 81.7 Å². The van der Waals surface area contributed by atoms with Crippen LogP contribution in [0.1, 0.15) is 5.56 Å². The minimum absolute atomic E-state index is 0.0934. The van der Waals surface area contributed by atoms with Crippen LogP contribution in [0.25, 0.3) is 0 Å². The largest absolute Gasteiger partial charge is 0.493 e. The fraction of sp³-hybridized carbons (Fsp3) is 0.647. The summed E-state index contributed by atoms with van der Waals surface area (Å²) in [5.41, 5.74) is 1.16. The zero-order valence-corrected chi connectivity index (χ0v) is 14.2. The van der Waals surface area contributed by atoms with Crippen LogP contribution in [0.2, 0.25) is 0 Å². The van der Waals surface area contributed by atoms with Crippen molar-refractivity contribution in [1.29, 1.82) is 0 Å². The molecule has 1 aromatic carbocycles. The van der Waals surface area contributed by atoms with Gasteiger partial charge in [-0.1, -0.05) is 12.1 Å². The van der Waals surface area contributed by atoms with E-state index in [0.29, 0.717) is 13.2 Å². The van der Waals surface area contributed by atoms with Gasteiger partial charge in [0.25, 0.3) is 0 Å². The zero-order valence-electron chi connectivity index (χ0n) is 14.2. The van der Waals surface area contributed by atoms with Crippen LogP contribution >= 0.6 is 0 Å². The van der Waals surface area contributed by atoms with E-state index in [2.05, 4.69) is 15.9 Å². The summed E-state index contributed by atoms with van der Waals surface area (Å²) in [6, 6.07) is 6.02. The molecule has 1 fully saturated rings. The number of methoxy groups -OCH3 is 2. The number of para-hydroxylation sites is 1. The van der Waals surface area contributed by atoms with E-state index in [1.54, 1.807) is 14.2 Å². The van der Waals surface area contributed by atoms with E-state index in [1.807, 2.05) is 12.1 Å². The first-order valence-corrected chi connectivity index (χ1v) is 8.11. The molecule has 23 heavy (non-hydrogen) atoms. The Morgan fingerprint density at radius 3 is 2.39 bits per heavy atom. The maximum Gasteiger partial charge on any atom is 0.165 e. The van der Waals surface area contributed by atoms with Gasteiger partial charge in [-0.15, -0.1) is 0 Å². The van der Waals surface area contributed by atoms with Crippen molar-refractivity contribution in [1.82, 2.24) is 9.80 Å². The highest BCUT2D eigenvalue weighted by Crippen LogP contribution is 2.31. The number of nitrogens with zero attached hydrogens (tertiary/aromatic N) is 2. The third-order valence-corrected chi connectivity index (χ3v) is 4.13. The molecule has 0 amide bonds. The first-order chi connectivity index (χ1) is 11.3. The van der Waals surface area contributed by atoms with Gasteiger partial charge in [0.2, 0.25) is 0 Å². The van der Waals surface area contributed by atoms with Crippen molar-refractivity contribution < 1.29 is 19.3 Å². The molecule has 2 rings (SSSR count). The number of hydrogen-bond acceptors (Lipinski definition) is 6. The van der Waals surface area contributed by atoms with Gasteiger partial charge in [0, 0.05) is 44.8 Å². The van der Waals surface area contributed by atoms with Crippen LogP contribution in [0.3, 0.4) is 0 Å². The van der Waals surface area contributed by atoms with Gasteiger partial charge in [-0.2, -0.15) is 0 Å². The predicted octanol–water partition coefficient (Wildman–Crippen LogP) is 0.830. The van der Waals surface area contributed by atoms with Crippen LogP contribution in [0.15, 0.2) is 18.2 Å². The first kappa shape index (κ1) is 18.0. The SMILES string of the molecule is COc1cccc(CN2CCN(CCOCCO)CC2)c1OC. The Labute approximate surface area is 138 Å². The Morgan fingerprint density at radius 2 is 1.74 bits per heavy atom. The third-order valence-electron chi connectivity index (χ3n) is 4.13. The van der Waals surface area contributed by atoms with E-state index < -0.39 is 0 Å². The van der Waals surface area contributed by atoms with Gasteiger partial charge in [-0.25, -0.2) is 0 Å². The molecule has 0 unspecified atom stereocenters. The molecule has 0 saturated carbocycles. The molecule has 0 aliphatic carbocycles. The molecule has 0 spiro atoms. The molecule has 1 aliphatic heterocycles. The van der Waals surface area contributed by atoms with E-state index in [1.165, 1.54) is 0 Å². The lowest BCUT2D eigenvalue weighted by molar-refractivity contribution is 0.0562. The number of benzene rings is 1. The first-order valence-electron chi connectivity index (χ1n) is 8.11. The number of hydrogen-bond donors (Lipinski definition) is 1. The summed E-state index contributed by atoms with van der Waals surface area (Å²) in [6.45, 7) is 7.13. The molecular formula is C17H28N2O4. The average Bonchev–Trinajstić information content (AvgIpc) is 2.60. The maximum absolute atomic E-state index is 8.69. The Balaban J connectivity index is 1.80. The maximum atomic E-state index is 8.69. The van der Waals surface area contributed by atoms with Crippen molar-refractivity contribution in [2.75, 3.05) is 66.8 Å². The molecule has 1 saturated heterocycles. The van der Waals surface area contributed by atoms with Crippen LogP contribution in [0.4, 0.5) is 0 Å². The molecule has 0 bridgehead atoms. The Bertz CT molecular complexity index is 462. The van der Waals surface area contributed by atoms with Crippen LogP contribution in [0.5, 0.6) is 11.5 Å². The lowest BCUT2D eigenvalue weighted by atomic mass is 10.1. The summed E-state index contributed by atoms with van der Waals surface area (Å²) < 4.78 is 16.2. The summed E-state index contributed by atoms with van der Waals surface area (Å²) in [7, 11) is 3.35. The van der Waals surface area contributed by atoms with Gasteiger partial charge >= 0.3 is 0 Å². The fourth-order valence-electron chi connectivity index (χ4n) is 2.85. The van der Waals surface area contributed by atoms with Crippen molar-refractivity contribution in [3.8, 4) is 11.5 Å². The van der Waals surface area contributed by atoms with Crippen LogP contribution in [-0.2, 0) is 11.3 Å². The van der Waals surface area contributed by atoms with E-state index in [4.69, 9.17) is 19.3 Å². The molecule has 1 heterocycles. The summed E-state index contributed by atoms with van der Waals surface area (Å²) in [4.78, 5) is 4.83. The van der Waals surface area contributed by atoms with Gasteiger partial charge in [0.1, 0.15) is 0 Å². The number of aliphatic hydroxyl groups excluding tert-OH is 1. The average molecular weight is 324 g/mol. The normalized spacial score (nSPS) is 16.5. The molecule has 1 aromatic rings. The molecule has 0 aromatic heterocycles. The van der Waals surface area contributed by atoms with E-state index in [-0.39, 0.29) is 6.61 Å². The smallest absolute Gasteiger partial charge is 0.165 e. The number of aliphatic hydroxyl groups is 1. The Kier molecular flexibility index (Phi) is 7.61. The summed E-state index contributed by atoms with van der Waals surface area (Å²) in [5, 5.41) is 8.69. The minimum Gasteiger partial charge on any atom is -0.493 e. The molecule has 0 atom stereocenters. The van der Waals surface area contributed by atoms with Gasteiger partial charge in [0.15, 0.2) is 11.5 Å². The standard InChI is InChI=1S/C17H28N2O4/c1-21-16-5-3-4-15(17(16)22-2)14-19-8-6-18(7-9-19)10-12-23-13-11-20/h3-5,20H,6-14H2,1-2H3. The number of ether oxygens (including phenoxy) is 3.